The number of aromatic nitrogens is 4. The Hall–Kier alpha value is -3.66. The number of hydrogen-bond acceptors (Lipinski definition) is 7. The lowest BCUT2D eigenvalue weighted by atomic mass is 10.2. The van der Waals surface area contributed by atoms with Crippen molar-refractivity contribution in [3.8, 4) is 27.9 Å². The van der Waals surface area contributed by atoms with Crippen molar-refractivity contribution in [1.82, 2.24) is 19.5 Å². The number of primary amides is 1. The lowest BCUT2D eigenvalue weighted by Crippen LogP contribution is -2.16. The number of carbonyl (C=O) groups excluding carboxylic acids is 1. The number of nitrogens with zero attached hydrogens (tertiary/aromatic N) is 3. The molecule has 1 amide bonds. The van der Waals surface area contributed by atoms with Crippen LogP contribution in [-0.2, 0) is 0 Å². The third kappa shape index (κ3) is 2.79. The van der Waals surface area contributed by atoms with Crippen LogP contribution in [0.5, 0.6) is 11.5 Å². The number of aromatic amines is 1. The van der Waals surface area contributed by atoms with Crippen molar-refractivity contribution in [2.75, 3.05) is 14.2 Å². The predicted octanol–water partition coefficient (Wildman–Crippen LogP) is 1.95. The second kappa shape index (κ2) is 6.82. The summed E-state index contributed by atoms with van der Waals surface area (Å²) in [6, 6.07) is 8.67. The molecule has 3 aromatic heterocycles. The Morgan fingerprint density at radius 3 is 2.68 bits per heavy atom. The second-order valence-corrected chi connectivity index (χ2v) is 6.69. The molecule has 142 valence electrons. The first-order valence-corrected chi connectivity index (χ1v) is 9.00. The molecule has 0 aliphatic rings. The third-order valence-corrected chi connectivity index (χ3v) is 5.01. The lowest BCUT2D eigenvalue weighted by molar-refractivity contribution is 0.0997. The lowest BCUT2D eigenvalue weighted by Gasteiger charge is -2.11. The molecule has 28 heavy (non-hydrogen) atoms. The number of hydrogen-bond donors (Lipinski definition) is 2. The summed E-state index contributed by atoms with van der Waals surface area (Å²) in [4.78, 5) is 36.8. The predicted molar refractivity (Wildman–Crippen MR) is 104 cm³/mol. The van der Waals surface area contributed by atoms with E-state index in [0.29, 0.717) is 23.0 Å². The number of carbonyl (C=O) groups is 1. The number of H-pyrrole nitrogens is 1. The van der Waals surface area contributed by atoms with E-state index in [1.54, 1.807) is 18.2 Å². The van der Waals surface area contributed by atoms with E-state index >= 15 is 0 Å². The molecule has 4 rings (SSSR count). The standard InChI is InChI=1S/C18H15N5O4S/c1-26-9-5-6-10(11(8-9)27-2)23-17-14(21-18(23)25)13(15(19)24)20-16(22-17)12-4-3-7-28-12/h3-8H,1-2H3,(H2,19,24)(H,21,25). The SMILES string of the molecule is COc1ccc(-n2c(=O)[nH]c3c(C(N)=O)nc(-c4cccs4)nc32)c(OC)c1. The van der Waals surface area contributed by atoms with Gasteiger partial charge in [0, 0.05) is 6.07 Å². The summed E-state index contributed by atoms with van der Waals surface area (Å²) in [5, 5.41) is 1.86. The smallest absolute Gasteiger partial charge is 0.332 e. The fraction of sp³-hybridized carbons (Fsp3) is 0.111. The molecule has 0 saturated carbocycles. The summed E-state index contributed by atoms with van der Waals surface area (Å²) < 4.78 is 11.9. The van der Waals surface area contributed by atoms with Crippen LogP contribution in [0.1, 0.15) is 10.5 Å². The van der Waals surface area contributed by atoms with Crippen LogP contribution in [-0.4, -0.2) is 39.6 Å². The van der Waals surface area contributed by atoms with Gasteiger partial charge in [0.05, 0.1) is 24.8 Å². The van der Waals surface area contributed by atoms with Crippen LogP contribution < -0.4 is 20.9 Å². The maximum Gasteiger partial charge on any atom is 0.332 e. The Bertz CT molecular complexity index is 1240. The van der Waals surface area contributed by atoms with E-state index in [4.69, 9.17) is 15.2 Å². The highest BCUT2D eigenvalue weighted by atomic mass is 32.1. The van der Waals surface area contributed by atoms with Crippen molar-refractivity contribution >= 4 is 28.4 Å². The summed E-state index contributed by atoms with van der Waals surface area (Å²) in [5.41, 5.74) is 5.76. The number of benzene rings is 1. The van der Waals surface area contributed by atoms with Gasteiger partial charge in [0.15, 0.2) is 17.2 Å². The molecule has 10 heteroatoms. The van der Waals surface area contributed by atoms with E-state index in [2.05, 4.69) is 15.0 Å². The first kappa shape index (κ1) is 17.7. The number of fused-ring (bicyclic) bond motifs is 1. The fourth-order valence-corrected chi connectivity index (χ4v) is 3.53. The maximum absolute atomic E-state index is 12.7. The molecule has 1 aromatic carbocycles. The van der Waals surface area contributed by atoms with Gasteiger partial charge in [-0.3, -0.25) is 4.79 Å². The maximum atomic E-state index is 12.7. The number of rotatable bonds is 5. The first-order valence-electron chi connectivity index (χ1n) is 8.12. The van der Waals surface area contributed by atoms with Crippen LogP contribution >= 0.6 is 11.3 Å². The number of amides is 1. The van der Waals surface area contributed by atoms with Gasteiger partial charge in [-0.1, -0.05) is 6.07 Å². The Kier molecular flexibility index (Phi) is 4.32. The molecule has 9 nitrogen and oxygen atoms in total. The Morgan fingerprint density at radius 1 is 1.21 bits per heavy atom. The molecule has 0 saturated heterocycles. The van der Waals surface area contributed by atoms with Crippen LogP contribution in [0.2, 0.25) is 0 Å². The van der Waals surface area contributed by atoms with Gasteiger partial charge in [-0.05, 0) is 23.6 Å². The Morgan fingerprint density at radius 2 is 2.04 bits per heavy atom. The van der Waals surface area contributed by atoms with Crippen molar-refractivity contribution in [3.05, 3.63) is 51.9 Å². The van der Waals surface area contributed by atoms with Gasteiger partial charge < -0.3 is 20.2 Å². The minimum atomic E-state index is -0.764. The normalized spacial score (nSPS) is 10.9. The van der Waals surface area contributed by atoms with Gasteiger partial charge in [0.2, 0.25) is 0 Å². The number of ether oxygens (including phenoxy) is 2. The van der Waals surface area contributed by atoms with Crippen molar-refractivity contribution in [1.29, 1.82) is 0 Å². The number of nitrogens with two attached hydrogens (primary N) is 1. The monoisotopic (exact) mass is 397 g/mol. The van der Waals surface area contributed by atoms with Gasteiger partial charge in [-0.2, -0.15) is 0 Å². The molecule has 0 spiro atoms. The van der Waals surface area contributed by atoms with Crippen LogP contribution in [0.3, 0.4) is 0 Å². The number of imidazole rings is 1. The highest BCUT2D eigenvalue weighted by Gasteiger charge is 2.22. The van der Waals surface area contributed by atoms with Crippen LogP contribution in [0, 0.1) is 0 Å². The third-order valence-electron chi connectivity index (χ3n) is 4.14. The molecular weight excluding hydrogens is 382 g/mol. The van der Waals surface area contributed by atoms with Crippen molar-refractivity contribution < 1.29 is 14.3 Å². The minimum absolute atomic E-state index is 0.0586. The van der Waals surface area contributed by atoms with Gasteiger partial charge >= 0.3 is 5.69 Å². The Balaban J connectivity index is 2.06. The average molecular weight is 397 g/mol. The summed E-state index contributed by atoms with van der Waals surface area (Å²) in [6.07, 6.45) is 0. The molecule has 0 fully saturated rings. The summed E-state index contributed by atoms with van der Waals surface area (Å²) >= 11 is 1.41. The van der Waals surface area contributed by atoms with E-state index in [9.17, 15) is 9.59 Å². The quantitative estimate of drug-likeness (QED) is 0.530. The minimum Gasteiger partial charge on any atom is -0.497 e. The first-order chi connectivity index (χ1) is 13.5. The zero-order chi connectivity index (χ0) is 19.8. The zero-order valence-corrected chi connectivity index (χ0v) is 15.7. The van der Waals surface area contributed by atoms with Crippen LogP contribution in [0.25, 0.3) is 27.6 Å². The molecule has 0 radical (unpaired) electrons. The van der Waals surface area contributed by atoms with Gasteiger partial charge in [-0.15, -0.1) is 11.3 Å². The second-order valence-electron chi connectivity index (χ2n) is 5.74. The average Bonchev–Trinajstić information content (AvgIpc) is 3.34. The zero-order valence-electron chi connectivity index (χ0n) is 14.9. The van der Waals surface area contributed by atoms with Crippen LogP contribution in [0.15, 0.2) is 40.5 Å². The van der Waals surface area contributed by atoms with Crippen molar-refractivity contribution in [2.45, 2.75) is 0 Å². The van der Waals surface area contributed by atoms with Gasteiger partial charge in [0.25, 0.3) is 5.91 Å². The van der Waals surface area contributed by atoms with E-state index in [-0.39, 0.29) is 16.9 Å². The summed E-state index contributed by atoms with van der Waals surface area (Å²) in [7, 11) is 3.02. The van der Waals surface area contributed by atoms with E-state index < -0.39 is 11.6 Å². The Labute approximate surface area is 162 Å². The highest BCUT2D eigenvalue weighted by molar-refractivity contribution is 7.13. The molecule has 0 aliphatic carbocycles. The molecule has 3 N–H and O–H groups in total. The van der Waals surface area contributed by atoms with Crippen LogP contribution in [0.4, 0.5) is 0 Å². The molecular formula is C18H15N5O4S. The number of methoxy groups -OCH3 is 2. The topological polar surface area (TPSA) is 125 Å². The fourth-order valence-electron chi connectivity index (χ4n) is 2.87. The summed E-state index contributed by atoms with van der Waals surface area (Å²) in [5.74, 6) is 0.510. The van der Waals surface area contributed by atoms with Crippen molar-refractivity contribution in [3.63, 3.8) is 0 Å². The van der Waals surface area contributed by atoms with E-state index in [0.717, 1.165) is 4.88 Å². The highest BCUT2D eigenvalue weighted by Crippen LogP contribution is 2.30. The van der Waals surface area contributed by atoms with Gasteiger partial charge in [-0.25, -0.2) is 19.3 Å². The summed E-state index contributed by atoms with van der Waals surface area (Å²) in [6.45, 7) is 0. The number of thiophene rings is 1. The molecule has 0 aliphatic heterocycles. The van der Waals surface area contributed by atoms with E-state index in [1.165, 1.54) is 30.1 Å². The van der Waals surface area contributed by atoms with Crippen molar-refractivity contribution in [2.24, 2.45) is 5.73 Å². The largest absolute Gasteiger partial charge is 0.497 e. The molecule has 4 aromatic rings. The molecule has 3 heterocycles. The number of nitrogens with one attached hydrogen (secondary N) is 1. The van der Waals surface area contributed by atoms with Gasteiger partial charge in [0.1, 0.15) is 17.0 Å². The molecule has 0 unspecified atom stereocenters. The molecule has 0 bridgehead atoms. The molecule has 0 atom stereocenters. The van der Waals surface area contributed by atoms with E-state index in [1.807, 2.05) is 17.5 Å².